The highest BCUT2D eigenvalue weighted by Gasteiger charge is 2.22. The van der Waals surface area contributed by atoms with Crippen molar-refractivity contribution in [3.63, 3.8) is 0 Å². The number of hydrogen-bond donors (Lipinski definition) is 0. The molecule has 0 aliphatic rings. The van der Waals surface area contributed by atoms with Crippen LogP contribution in [0, 0.1) is 5.92 Å². The van der Waals surface area contributed by atoms with E-state index < -0.39 is 9.84 Å². The van der Waals surface area contributed by atoms with E-state index in [-0.39, 0.29) is 22.6 Å². The fourth-order valence-corrected chi connectivity index (χ4v) is 3.82. The number of thiophene rings is 1. The quantitative estimate of drug-likeness (QED) is 0.776. The van der Waals surface area contributed by atoms with Crippen LogP contribution >= 0.6 is 11.3 Å². The summed E-state index contributed by atoms with van der Waals surface area (Å²) in [6.07, 6.45) is -0.325. The molecule has 0 N–H and O–H groups in total. The minimum Gasteiger partial charge on any atom is -0.370 e. The second kappa shape index (κ2) is 6.67. The molecule has 0 aromatic carbocycles. The van der Waals surface area contributed by atoms with E-state index in [1.807, 2.05) is 20.8 Å². The number of hydrogen-bond acceptors (Lipinski definition) is 7. The van der Waals surface area contributed by atoms with Gasteiger partial charge in [0, 0.05) is 12.0 Å². The van der Waals surface area contributed by atoms with Crippen molar-refractivity contribution in [2.45, 2.75) is 37.5 Å². The third-order valence-electron chi connectivity index (χ3n) is 2.69. The van der Waals surface area contributed by atoms with E-state index in [1.54, 1.807) is 16.8 Å². The Hall–Kier alpha value is -1.25. The van der Waals surface area contributed by atoms with Gasteiger partial charge in [0.1, 0.15) is 11.9 Å². The van der Waals surface area contributed by atoms with Crippen molar-refractivity contribution in [1.29, 1.82) is 0 Å². The van der Waals surface area contributed by atoms with Gasteiger partial charge in [-0.2, -0.15) is 16.3 Å². The molecule has 2 aromatic rings. The molecule has 2 rings (SSSR count). The molecular formula is C13H18N2O4S2. The van der Waals surface area contributed by atoms with Gasteiger partial charge in [0.2, 0.25) is 5.89 Å². The van der Waals surface area contributed by atoms with Gasteiger partial charge in [-0.05, 0) is 24.3 Å². The molecule has 2 aromatic heterocycles. The van der Waals surface area contributed by atoms with Crippen LogP contribution in [0.2, 0.25) is 0 Å². The minimum absolute atomic E-state index is 0.0798. The summed E-state index contributed by atoms with van der Waals surface area (Å²) in [4.78, 5) is 4.38. The van der Waals surface area contributed by atoms with E-state index >= 15 is 0 Å². The van der Waals surface area contributed by atoms with Gasteiger partial charge in [0.15, 0.2) is 15.7 Å². The van der Waals surface area contributed by atoms with Crippen LogP contribution in [0.25, 0.3) is 0 Å². The molecule has 0 radical (unpaired) electrons. The zero-order valence-corrected chi connectivity index (χ0v) is 13.8. The molecule has 0 bridgehead atoms. The topological polar surface area (TPSA) is 82.3 Å². The molecule has 0 fully saturated rings. The highest BCUT2D eigenvalue weighted by Crippen LogP contribution is 2.20. The van der Waals surface area contributed by atoms with E-state index in [4.69, 9.17) is 9.26 Å². The molecule has 1 atom stereocenters. The monoisotopic (exact) mass is 330 g/mol. The number of aromatic nitrogens is 2. The molecule has 0 saturated carbocycles. The average molecular weight is 330 g/mol. The lowest BCUT2D eigenvalue weighted by Gasteiger charge is -2.10. The molecule has 6 nitrogen and oxygen atoms in total. The molecule has 0 aliphatic heterocycles. The molecule has 8 heteroatoms. The van der Waals surface area contributed by atoms with Crippen molar-refractivity contribution in [2.75, 3.05) is 6.61 Å². The minimum atomic E-state index is -3.43. The second-order valence-electron chi connectivity index (χ2n) is 5.13. The summed E-state index contributed by atoms with van der Waals surface area (Å²) in [5.41, 5.74) is 0. The Morgan fingerprint density at radius 1 is 1.38 bits per heavy atom. The Morgan fingerprint density at radius 2 is 2.14 bits per heavy atom. The fourth-order valence-electron chi connectivity index (χ4n) is 1.58. The van der Waals surface area contributed by atoms with E-state index in [9.17, 15) is 8.42 Å². The van der Waals surface area contributed by atoms with Crippen LogP contribution in [0.15, 0.2) is 26.2 Å². The maximum Gasteiger partial charge on any atom is 0.242 e. The number of nitrogens with zero attached hydrogens (tertiary/aromatic N) is 2. The predicted octanol–water partition coefficient (Wildman–Crippen LogP) is 2.84. The lowest BCUT2D eigenvalue weighted by molar-refractivity contribution is 0.0402. The highest BCUT2D eigenvalue weighted by molar-refractivity contribution is 7.90. The zero-order valence-electron chi connectivity index (χ0n) is 12.1. The van der Waals surface area contributed by atoms with Gasteiger partial charge < -0.3 is 9.26 Å². The smallest absolute Gasteiger partial charge is 0.242 e. The van der Waals surface area contributed by atoms with Crippen LogP contribution in [0.4, 0.5) is 0 Å². The molecular weight excluding hydrogens is 312 g/mol. The van der Waals surface area contributed by atoms with Crippen molar-refractivity contribution in [1.82, 2.24) is 10.1 Å². The van der Waals surface area contributed by atoms with Crippen molar-refractivity contribution >= 4 is 21.2 Å². The lowest BCUT2D eigenvalue weighted by Crippen LogP contribution is -2.08. The van der Waals surface area contributed by atoms with E-state index in [0.29, 0.717) is 18.3 Å². The molecule has 1 unspecified atom stereocenters. The van der Waals surface area contributed by atoms with Crippen LogP contribution < -0.4 is 0 Å². The molecule has 0 aliphatic carbocycles. The number of rotatable bonds is 7. The number of ether oxygens (including phenoxy) is 1. The summed E-state index contributed by atoms with van der Waals surface area (Å²) in [6.45, 7) is 6.48. The SMILES string of the molecule is CC(C)COC(C)c1noc(CS(=O)(=O)c2ccsc2)n1. The summed E-state index contributed by atoms with van der Waals surface area (Å²) in [7, 11) is -3.43. The summed E-state index contributed by atoms with van der Waals surface area (Å²) in [6, 6.07) is 1.56. The predicted molar refractivity (Wildman–Crippen MR) is 78.7 cm³/mol. The Kier molecular flexibility index (Phi) is 5.13. The lowest BCUT2D eigenvalue weighted by atomic mass is 10.2. The van der Waals surface area contributed by atoms with Crippen LogP contribution in [0.1, 0.15) is 38.6 Å². The van der Waals surface area contributed by atoms with Gasteiger partial charge in [0.05, 0.1) is 4.90 Å². The van der Waals surface area contributed by atoms with Crippen molar-refractivity contribution < 1.29 is 17.7 Å². The van der Waals surface area contributed by atoms with Gasteiger partial charge in [-0.15, -0.1) is 0 Å². The Bertz CT molecular complexity index is 662. The third kappa shape index (κ3) is 4.36. The van der Waals surface area contributed by atoms with E-state index in [2.05, 4.69) is 10.1 Å². The van der Waals surface area contributed by atoms with Crippen LogP contribution in [-0.4, -0.2) is 25.2 Å². The summed E-state index contributed by atoms with van der Waals surface area (Å²) in [5.74, 6) is 0.549. The van der Waals surface area contributed by atoms with Crippen molar-refractivity contribution in [3.8, 4) is 0 Å². The molecule has 0 spiro atoms. The zero-order chi connectivity index (χ0) is 15.5. The molecule has 2 heterocycles. The fraction of sp³-hybridized carbons (Fsp3) is 0.538. The normalized spacial score (nSPS) is 13.7. The van der Waals surface area contributed by atoms with Crippen LogP contribution in [-0.2, 0) is 20.3 Å². The summed E-state index contributed by atoms with van der Waals surface area (Å²) in [5, 5.41) is 7.09. The van der Waals surface area contributed by atoms with Crippen LogP contribution in [0.3, 0.4) is 0 Å². The van der Waals surface area contributed by atoms with Gasteiger partial charge >= 0.3 is 0 Å². The van der Waals surface area contributed by atoms with Gasteiger partial charge in [-0.25, -0.2) is 8.42 Å². The standard InChI is InChI=1S/C13H18N2O4S2/c1-9(2)6-18-10(3)13-14-12(19-15-13)8-21(16,17)11-4-5-20-7-11/h4-5,7,9-10H,6,8H2,1-3H3. The second-order valence-corrected chi connectivity index (χ2v) is 7.90. The van der Waals surface area contributed by atoms with Gasteiger partial charge in [-0.3, -0.25) is 0 Å². The van der Waals surface area contributed by atoms with Crippen molar-refractivity contribution in [3.05, 3.63) is 28.5 Å². The molecule has 0 saturated heterocycles. The Balaban J connectivity index is 2.03. The maximum atomic E-state index is 12.1. The molecule has 0 amide bonds. The van der Waals surface area contributed by atoms with Gasteiger partial charge in [-0.1, -0.05) is 19.0 Å². The molecule has 116 valence electrons. The van der Waals surface area contributed by atoms with E-state index in [1.165, 1.54) is 11.3 Å². The largest absolute Gasteiger partial charge is 0.370 e. The summed E-state index contributed by atoms with van der Waals surface area (Å²) >= 11 is 1.33. The van der Waals surface area contributed by atoms with Gasteiger partial charge in [0.25, 0.3) is 0 Å². The Labute approximate surface area is 128 Å². The summed E-state index contributed by atoms with van der Waals surface area (Å²) < 4.78 is 34.8. The highest BCUT2D eigenvalue weighted by atomic mass is 32.2. The first-order valence-electron chi connectivity index (χ1n) is 6.57. The first-order valence-corrected chi connectivity index (χ1v) is 9.17. The van der Waals surface area contributed by atoms with E-state index in [0.717, 1.165) is 0 Å². The average Bonchev–Trinajstić information content (AvgIpc) is 3.06. The first kappa shape index (κ1) is 16.1. The third-order valence-corrected chi connectivity index (χ3v) is 5.13. The Morgan fingerprint density at radius 3 is 2.76 bits per heavy atom. The van der Waals surface area contributed by atoms with Crippen molar-refractivity contribution in [2.24, 2.45) is 5.92 Å². The molecule has 21 heavy (non-hydrogen) atoms. The first-order chi connectivity index (χ1) is 9.88. The van der Waals surface area contributed by atoms with Crippen LogP contribution in [0.5, 0.6) is 0 Å². The number of sulfone groups is 1. The maximum absolute atomic E-state index is 12.1.